The highest BCUT2D eigenvalue weighted by Gasteiger charge is 2.18. The Morgan fingerprint density at radius 1 is 1.13 bits per heavy atom. The third-order valence-electron chi connectivity index (χ3n) is 5.02. The fourth-order valence-electron chi connectivity index (χ4n) is 3.26. The van der Waals surface area contributed by atoms with Crippen molar-refractivity contribution in [3.63, 3.8) is 0 Å². The van der Waals surface area contributed by atoms with Crippen LogP contribution in [0.2, 0.25) is 0 Å². The summed E-state index contributed by atoms with van der Waals surface area (Å²) in [5.41, 5.74) is 1.78. The Balaban J connectivity index is 1.98. The minimum atomic E-state index is -0.533. The van der Waals surface area contributed by atoms with Crippen molar-refractivity contribution >= 4 is 11.9 Å². The lowest BCUT2D eigenvalue weighted by molar-refractivity contribution is 0.354. The van der Waals surface area contributed by atoms with E-state index in [0.29, 0.717) is 34.7 Å². The highest BCUT2D eigenvalue weighted by Crippen LogP contribution is 2.28. The number of nitrogens with zero attached hydrogens (tertiary/aromatic N) is 3. The number of rotatable bonds is 7. The van der Waals surface area contributed by atoms with Gasteiger partial charge in [-0.05, 0) is 48.7 Å². The van der Waals surface area contributed by atoms with Crippen molar-refractivity contribution in [2.24, 2.45) is 4.99 Å². The first-order valence-corrected chi connectivity index (χ1v) is 9.66. The molecule has 0 saturated heterocycles. The zero-order valence-corrected chi connectivity index (χ0v) is 17.6. The monoisotopic (exact) mass is 417 g/mol. The van der Waals surface area contributed by atoms with Gasteiger partial charge in [0.25, 0.3) is 5.56 Å². The maximum Gasteiger partial charge on any atom is 0.271 e. The van der Waals surface area contributed by atoms with Crippen LogP contribution in [0.3, 0.4) is 0 Å². The van der Waals surface area contributed by atoms with Gasteiger partial charge >= 0.3 is 0 Å². The Bertz CT molecular complexity index is 1210. The van der Waals surface area contributed by atoms with Crippen LogP contribution in [0, 0.1) is 18.3 Å². The molecule has 0 aliphatic heterocycles. The molecule has 1 N–H and O–H groups in total. The number of aryl methyl sites for hydroxylation is 1. The SMILES string of the molecule is COc1ccc(CCn2c(O)c(C=Nc3ccccc3)c(C)c(C#N)c2=O)cc1OC. The molecule has 0 atom stereocenters. The Labute approximate surface area is 180 Å². The number of aromatic nitrogens is 1. The van der Waals surface area contributed by atoms with Crippen molar-refractivity contribution < 1.29 is 14.6 Å². The standard InChI is InChI=1S/C24H23N3O4/c1-16-19(14-25)23(28)27(12-11-17-9-10-21(30-2)22(13-17)31-3)24(29)20(16)15-26-18-7-5-4-6-8-18/h4-10,13,15,29H,11-12H2,1-3H3. The van der Waals surface area contributed by atoms with Crippen molar-refractivity contribution in [1.29, 1.82) is 5.26 Å². The molecule has 0 aliphatic rings. The summed E-state index contributed by atoms with van der Waals surface area (Å²) in [5.74, 6) is 0.961. The lowest BCUT2D eigenvalue weighted by Gasteiger charge is -2.15. The number of aromatic hydroxyl groups is 1. The predicted molar refractivity (Wildman–Crippen MR) is 119 cm³/mol. The van der Waals surface area contributed by atoms with Crippen LogP contribution in [0.25, 0.3) is 0 Å². The van der Waals surface area contributed by atoms with E-state index in [2.05, 4.69) is 4.99 Å². The summed E-state index contributed by atoms with van der Waals surface area (Å²) >= 11 is 0. The van der Waals surface area contributed by atoms with Gasteiger partial charge in [-0.15, -0.1) is 0 Å². The summed E-state index contributed by atoms with van der Waals surface area (Å²) in [4.78, 5) is 17.2. The molecule has 0 radical (unpaired) electrons. The molecule has 31 heavy (non-hydrogen) atoms. The second-order valence-corrected chi connectivity index (χ2v) is 6.84. The third-order valence-corrected chi connectivity index (χ3v) is 5.02. The summed E-state index contributed by atoms with van der Waals surface area (Å²) in [5, 5.41) is 20.3. The van der Waals surface area contributed by atoms with Gasteiger partial charge in [0, 0.05) is 12.8 Å². The maximum absolute atomic E-state index is 12.8. The molecule has 7 nitrogen and oxygen atoms in total. The smallest absolute Gasteiger partial charge is 0.271 e. The quantitative estimate of drug-likeness (QED) is 0.591. The average molecular weight is 417 g/mol. The summed E-state index contributed by atoms with van der Waals surface area (Å²) in [6.07, 6.45) is 1.92. The molecular formula is C24H23N3O4. The molecule has 2 aromatic carbocycles. The summed E-state index contributed by atoms with van der Waals surface area (Å²) in [6.45, 7) is 1.81. The fraction of sp³-hybridized carbons (Fsp3) is 0.208. The molecule has 3 aromatic rings. The molecule has 158 valence electrons. The van der Waals surface area contributed by atoms with Gasteiger partial charge in [0.05, 0.1) is 25.5 Å². The van der Waals surface area contributed by atoms with E-state index >= 15 is 0 Å². The number of para-hydroxylation sites is 1. The van der Waals surface area contributed by atoms with E-state index in [1.807, 2.05) is 48.5 Å². The van der Waals surface area contributed by atoms with Gasteiger partial charge in [0.2, 0.25) is 5.88 Å². The molecule has 7 heteroatoms. The van der Waals surface area contributed by atoms with Gasteiger partial charge in [-0.25, -0.2) is 0 Å². The van der Waals surface area contributed by atoms with Crippen LogP contribution in [-0.2, 0) is 13.0 Å². The van der Waals surface area contributed by atoms with E-state index in [9.17, 15) is 15.2 Å². The minimum absolute atomic E-state index is 0.0142. The number of nitriles is 1. The number of aliphatic imine (C=N–C) groups is 1. The molecule has 3 rings (SSSR count). The van der Waals surface area contributed by atoms with Crippen molar-refractivity contribution in [3.8, 4) is 23.4 Å². The summed E-state index contributed by atoms with van der Waals surface area (Å²) in [6, 6.07) is 16.6. The third kappa shape index (κ3) is 4.59. The topological polar surface area (TPSA) is 96.8 Å². The minimum Gasteiger partial charge on any atom is -0.494 e. The lowest BCUT2D eigenvalue weighted by atomic mass is 10.1. The van der Waals surface area contributed by atoms with Gasteiger partial charge in [0.15, 0.2) is 11.5 Å². The molecule has 0 aliphatic carbocycles. The van der Waals surface area contributed by atoms with Crippen molar-refractivity contribution in [3.05, 3.63) is 81.1 Å². The lowest BCUT2D eigenvalue weighted by Crippen LogP contribution is -2.26. The average Bonchev–Trinajstić information content (AvgIpc) is 2.79. The normalized spacial score (nSPS) is 10.8. The zero-order chi connectivity index (χ0) is 22.4. The van der Waals surface area contributed by atoms with Crippen molar-refractivity contribution in [2.45, 2.75) is 19.9 Å². The van der Waals surface area contributed by atoms with Crippen LogP contribution in [0.1, 0.15) is 22.3 Å². The Morgan fingerprint density at radius 2 is 1.84 bits per heavy atom. The molecule has 0 amide bonds. The molecule has 0 fully saturated rings. The highest BCUT2D eigenvalue weighted by molar-refractivity contribution is 5.87. The van der Waals surface area contributed by atoms with E-state index < -0.39 is 5.56 Å². The first-order chi connectivity index (χ1) is 15.0. The van der Waals surface area contributed by atoms with Gasteiger partial charge in [-0.3, -0.25) is 14.4 Å². The van der Waals surface area contributed by atoms with Crippen LogP contribution in [0.5, 0.6) is 17.4 Å². The van der Waals surface area contributed by atoms with Crippen molar-refractivity contribution in [1.82, 2.24) is 4.57 Å². The zero-order valence-electron chi connectivity index (χ0n) is 17.6. The van der Waals surface area contributed by atoms with Crippen molar-refractivity contribution in [2.75, 3.05) is 14.2 Å². The molecule has 1 aromatic heterocycles. The number of hydrogen-bond donors (Lipinski definition) is 1. The first-order valence-electron chi connectivity index (χ1n) is 9.66. The Kier molecular flexibility index (Phi) is 6.73. The Morgan fingerprint density at radius 3 is 2.48 bits per heavy atom. The molecule has 0 spiro atoms. The van der Waals surface area contributed by atoms with Gasteiger partial charge in [-0.1, -0.05) is 24.3 Å². The number of ether oxygens (including phenoxy) is 2. The van der Waals surface area contributed by atoms with E-state index in [0.717, 1.165) is 5.56 Å². The molecule has 1 heterocycles. The second-order valence-electron chi connectivity index (χ2n) is 6.84. The van der Waals surface area contributed by atoms with Gasteiger partial charge in [0.1, 0.15) is 11.6 Å². The second kappa shape index (κ2) is 9.63. The maximum atomic E-state index is 12.8. The van der Waals surface area contributed by atoms with E-state index in [1.165, 1.54) is 10.8 Å². The number of pyridine rings is 1. The number of hydrogen-bond acceptors (Lipinski definition) is 6. The first kappa shape index (κ1) is 21.7. The van der Waals surface area contributed by atoms with Crippen LogP contribution in [-0.4, -0.2) is 30.1 Å². The number of methoxy groups -OCH3 is 2. The van der Waals surface area contributed by atoms with E-state index in [4.69, 9.17) is 9.47 Å². The highest BCUT2D eigenvalue weighted by atomic mass is 16.5. The predicted octanol–water partition coefficient (Wildman–Crippen LogP) is 3.74. The van der Waals surface area contributed by atoms with Crippen LogP contribution < -0.4 is 15.0 Å². The fourth-order valence-corrected chi connectivity index (χ4v) is 3.26. The van der Waals surface area contributed by atoms with E-state index in [1.54, 1.807) is 27.2 Å². The molecule has 0 unspecified atom stereocenters. The molecule has 0 bridgehead atoms. The van der Waals surface area contributed by atoms with Gasteiger partial charge < -0.3 is 14.6 Å². The molecular weight excluding hydrogens is 394 g/mol. The summed E-state index contributed by atoms with van der Waals surface area (Å²) in [7, 11) is 3.11. The molecule has 0 saturated carbocycles. The van der Waals surface area contributed by atoms with Crippen LogP contribution in [0.4, 0.5) is 5.69 Å². The van der Waals surface area contributed by atoms with Crippen LogP contribution in [0.15, 0.2) is 58.3 Å². The largest absolute Gasteiger partial charge is 0.494 e. The Hall–Kier alpha value is -4.05. The summed E-state index contributed by atoms with van der Waals surface area (Å²) < 4.78 is 11.8. The van der Waals surface area contributed by atoms with Gasteiger partial charge in [-0.2, -0.15) is 5.26 Å². The van der Waals surface area contributed by atoms with E-state index in [-0.39, 0.29) is 18.0 Å². The van der Waals surface area contributed by atoms with Crippen LogP contribution >= 0.6 is 0 Å². The number of benzene rings is 2.